The Bertz CT molecular complexity index is 568. The summed E-state index contributed by atoms with van der Waals surface area (Å²) in [5.41, 5.74) is 7.56. The molecule has 106 valence electrons. The quantitative estimate of drug-likeness (QED) is 0.878. The van der Waals surface area contributed by atoms with Gasteiger partial charge in [-0.1, -0.05) is 37.3 Å². The molecule has 0 saturated heterocycles. The molecule has 4 atom stereocenters. The number of carbonyl (C=O) groups is 1. The number of hydrogen-bond donors (Lipinski definition) is 1. The zero-order chi connectivity index (χ0) is 14.0. The van der Waals surface area contributed by atoms with E-state index in [4.69, 9.17) is 5.73 Å². The minimum atomic E-state index is -0.232. The third-order valence-corrected chi connectivity index (χ3v) is 6.26. The van der Waals surface area contributed by atoms with Crippen LogP contribution in [0.1, 0.15) is 51.0 Å². The Labute approximate surface area is 120 Å². The third kappa shape index (κ3) is 1.54. The number of nitrogens with two attached hydrogens (primary N) is 1. The fourth-order valence-corrected chi connectivity index (χ4v) is 6.31. The molecule has 4 bridgehead atoms. The molecule has 4 saturated carbocycles. The van der Waals surface area contributed by atoms with Crippen LogP contribution in [0.3, 0.4) is 0 Å². The normalized spacial score (nSPS) is 45.5. The molecule has 4 aliphatic rings. The first-order chi connectivity index (χ1) is 9.46. The monoisotopic (exact) mass is 269 g/mol. The van der Waals surface area contributed by atoms with Crippen molar-refractivity contribution < 1.29 is 4.79 Å². The van der Waals surface area contributed by atoms with Gasteiger partial charge >= 0.3 is 0 Å². The average molecular weight is 269 g/mol. The van der Waals surface area contributed by atoms with Gasteiger partial charge in [0.15, 0.2) is 0 Å². The molecule has 2 nitrogen and oxygen atoms in total. The molecule has 2 heteroatoms. The first-order valence-corrected chi connectivity index (χ1v) is 7.81. The molecule has 1 aromatic rings. The summed E-state index contributed by atoms with van der Waals surface area (Å²) in [6, 6.07) is 10.9. The van der Waals surface area contributed by atoms with E-state index in [0.717, 1.165) is 19.3 Å². The molecule has 0 aromatic heterocycles. The van der Waals surface area contributed by atoms with E-state index in [1.54, 1.807) is 0 Å². The van der Waals surface area contributed by atoms with Crippen LogP contribution in [0.5, 0.6) is 0 Å². The van der Waals surface area contributed by atoms with E-state index in [1.807, 2.05) is 0 Å². The summed E-state index contributed by atoms with van der Waals surface area (Å²) < 4.78 is 0. The largest absolute Gasteiger partial charge is 0.369 e. The number of benzene rings is 1. The SMILES string of the molecule is CC12CC3CC(C(N)=O)(C1)CC(c1ccccc1)(C3)C2. The number of hydrogen-bond acceptors (Lipinski definition) is 1. The second-order valence-electron chi connectivity index (χ2n) is 8.11. The lowest BCUT2D eigenvalue weighted by Gasteiger charge is -2.65. The van der Waals surface area contributed by atoms with Crippen molar-refractivity contribution in [3.05, 3.63) is 35.9 Å². The van der Waals surface area contributed by atoms with E-state index in [9.17, 15) is 4.79 Å². The first-order valence-electron chi connectivity index (χ1n) is 7.81. The van der Waals surface area contributed by atoms with Gasteiger partial charge in [0.25, 0.3) is 0 Å². The lowest BCUT2D eigenvalue weighted by Crippen LogP contribution is -2.61. The molecule has 0 radical (unpaired) electrons. The second-order valence-corrected chi connectivity index (χ2v) is 8.11. The molecule has 0 heterocycles. The lowest BCUT2D eigenvalue weighted by molar-refractivity contribution is -0.156. The predicted octanol–water partition coefficient (Wildman–Crippen LogP) is 3.40. The Balaban J connectivity index is 1.85. The molecule has 5 rings (SSSR count). The minimum Gasteiger partial charge on any atom is -0.369 e. The topological polar surface area (TPSA) is 43.1 Å². The van der Waals surface area contributed by atoms with Gasteiger partial charge in [-0.3, -0.25) is 4.79 Å². The highest BCUT2D eigenvalue weighted by molar-refractivity contribution is 5.82. The number of rotatable bonds is 2. The maximum absolute atomic E-state index is 12.2. The fraction of sp³-hybridized carbons (Fsp3) is 0.611. The van der Waals surface area contributed by atoms with Crippen LogP contribution in [0, 0.1) is 16.7 Å². The van der Waals surface area contributed by atoms with Crippen molar-refractivity contribution >= 4 is 5.91 Å². The van der Waals surface area contributed by atoms with Gasteiger partial charge in [-0.25, -0.2) is 0 Å². The van der Waals surface area contributed by atoms with Crippen molar-refractivity contribution in [2.24, 2.45) is 22.5 Å². The van der Waals surface area contributed by atoms with E-state index in [0.29, 0.717) is 11.3 Å². The number of primary amides is 1. The minimum absolute atomic E-state index is 0.0480. The van der Waals surface area contributed by atoms with E-state index in [-0.39, 0.29) is 16.7 Å². The molecule has 0 aliphatic heterocycles. The first kappa shape index (κ1) is 12.4. The molecular weight excluding hydrogens is 246 g/mol. The van der Waals surface area contributed by atoms with Crippen molar-refractivity contribution in [3.8, 4) is 0 Å². The second kappa shape index (κ2) is 3.66. The molecule has 0 spiro atoms. The molecule has 4 aliphatic carbocycles. The third-order valence-electron chi connectivity index (χ3n) is 6.26. The zero-order valence-electron chi connectivity index (χ0n) is 12.2. The van der Waals surface area contributed by atoms with Crippen LogP contribution < -0.4 is 5.73 Å². The van der Waals surface area contributed by atoms with Gasteiger partial charge in [-0.05, 0) is 60.8 Å². The van der Waals surface area contributed by atoms with E-state index in [1.165, 1.54) is 24.8 Å². The highest BCUT2D eigenvalue weighted by Gasteiger charge is 2.64. The maximum atomic E-state index is 12.2. The summed E-state index contributed by atoms with van der Waals surface area (Å²) in [5, 5.41) is 0. The molecule has 1 amide bonds. The summed E-state index contributed by atoms with van der Waals surface area (Å²) in [4.78, 5) is 12.2. The van der Waals surface area contributed by atoms with E-state index >= 15 is 0 Å². The highest BCUT2D eigenvalue weighted by Crippen LogP contribution is 2.69. The van der Waals surface area contributed by atoms with Crippen LogP contribution in [0.15, 0.2) is 30.3 Å². The van der Waals surface area contributed by atoms with Crippen LogP contribution >= 0.6 is 0 Å². The Hall–Kier alpha value is -1.31. The van der Waals surface area contributed by atoms with Gasteiger partial charge in [-0.2, -0.15) is 0 Å². The number of carbonyl (C=O) groups excluding carboxylic acids is 1. The van der Waals surface area contributed by atoms with E-state index in [2.05, 4.69) is 37.3 Å². The van der Waals surface area contributed by atoms with Crippen LogP contribution in [-0.4, -0.2) is 5.91 Å². The molecule has 1 aromatic carbocycles. The smallest absolute Gasteiger partial charge is 0.223 e. The van der Waals surface area contributed by atoms with Crippen LogP contribution in [-0.2, 0) is 10.2 Å². The van der Waals surface area contributed by atoms with E-state index < -0.39 is 0 Å². The van der Waals surface area contributed by atoms with Gasteiger partial charge in [0.1, 0.15) is 0 Å². The predicted molar refractivity (Wildman–Crippen MR) is 79.0 cm³/mol. The van der Waals surface area contributed by atoms with Gasteiger partial charge < -0.3 is 5.73 Å². The van der Waals surface area contributed by atoms with Crippen molar-refractivity contribution in [2.75, 3.05) is 0 Å². The Morgan fingerprint density at radius 2 is 1.85 bits per heavy atom. The van der Waals surface area contributed by atoms with Crippen LogP contribution in [0.4, 0.5) is 0 Å². The maximum Gasteiger partial charge on any atom is 0.223 e. The summed E-state index contributed by atoms with van der Waals surface area (Å²) in [6.45, 7) is 2.38. The summed E-state index contributed by atoms with van der Waals surface area (Å²) in [5.74, 6) is 0.636. The zero-order valence-corrected chi connectivity index (χ0v) is 12.2. The van der Waals surface area contributed by atoms with Crippen molar-refractivity contribution in [3.63, 3.8) is 0 Å². The van der Waals surface area contributed by atoms with Crippen LogP contribution in [0.2, 0.25) is 0 Å². The van der Waals surface area contributed by atoms with Crippen molar-refractivity contribution in [1.82, 2.24) is 0 Å². The fourth-order valence-electron chi connectivity index (χ4n) is 6.31. The summed E-state index contributed by atoms with van der Waals surface area (Å²) in [6.07, 6.45) is 6.80. The number of amides is 1. The molecule has 4 unspecified atom stereocenters. The summed E-state index contributed by atoms with van der Waals surface area (Å²) >= 11 is 0. The van der Waals surface area contributed by atoms with Crippen molar-refractivity contribution in [1.29, 1.82) is 0 Å². The van der Waals surface area contributed by atoms with Gasteiger partial charge in [0.05, 0.1) is 5.41 Å². The molecule has 20 heavy (non-hydrogen) atoms. The Morgan fingerprint density at radius 1 is 1.10 bits per heavy atom. The van der Waals surface area contributed by atoms with Crippen LogP contribution in [0.25, 0.3) is 0 Å². The van der Waals surface area contributed by atoms with Crippen molar-refractivity contribution in [2.45, 2.75) is 50.9 Å². The highest BCUT2D eigenvalue weighted by atomic mass is 16.1. The summed E-state index contributed by atoms with van der Waals surface area (Å²) in [7, 11) is 0. The van der Waals surface area contributed by atoms with Gasteiger partial charge in [0.2, 0.25) is 5.91 Å². The van der Waals surface area contributed by atoms with Gasteiger partial charge in [0, 0.05) is 0 Å². The standard InChI is InChI=1S/C18H23NO/c1-16-7-13-8-17(10-16,14-5-3-2-4-6-14)12-18(9-13,11-16)15(19)20/h2-6,13H,7-12H2,1H3,(H2,19,20). The van der Waals surface area contributed by atoms with Gasteiger partial charge in [-0.15, -0.1) is 0 Å². The average Bonchev–Trinajstić information content (AvgIpc) is 2.37. The lowest BCUT2D eigenvalue weighted by atomic mass is 9.38. The Kier molecular flexibility index (Phi) is 2.28. The molecule has 2 N–H and O–H groups in total. The molecule has 4 fully saturated rings. The molecular formula is C18H23NO. The Morgan fingerprint density at radius 3 is 2.50 bits per heavy atom.